The zero-order chi connectivity index (χ0) is 12.6. The van der Waals surface area contributed by atoms with Gasteiger partial charge >= 0.3 is 0 Å². The summed E-state index contributed by atoms with van der Waals surface area (Å²) in [5.41, 5.74) is 0.578. The molecule has 0 unspecified atom stereocenters. The van der Waals surface area contributed by atoms with Gasteiger partial charge in [-0.2, -0.15) is 0 Å². The molecule has 4 nitrogen and oxygen atoms in total. The molecule has 0 aliphatic carbocycles. The molecule has 0 fully saturated rings. The van der Waals surface area contributed by atoms with Crippen LogP contribution in [0.3, 0.4) is 0 Å². The molecule has 0 N–H and O–H groups in total. The van der Waals surface area contributed by atoms with Crippen molar-refractivity contribution < 1.29 is 9.53 Å². The fourth-order valence-electron chi connectivity index (χ4n) is 0.924. The Morgan fingerprint density at radius 1 is 1.44 bits per heavy atom. The number of hydrogen-bond donors (Lipinski definition) is 0. The summed E-state index contributed by atoms with van der Waals surface area (Å²) < 4.78 is 5.35. The first kappa shape index (κ1) is 14.6. The lowest BCUT2D eigenvalue weighted by molar-refractivity contribution is -0.117. The predicted octanol–water partition coefficient (Wildman–Crippen LogP) is 1.64. The second-order valence-electron chi connectivity index (χ2n) is 3.64. The molecule has 0 bridgehead atoms. The maximum absolute atomic E-state index is 11.2. The summed E-state index contributed by atoms with van der Waals surface area (Å²) in [4.78, 5) is 16.8. The van der Waals surface area contributed by atoms with Crippen molar-refractivity contribution in [2.75, 3.05) is 27.2 Å². The number of nitrogens with zero attached hydrogens (tertiary/aromatic N) is 2. The second kappa shape index (κ2) is 7.82. The van der Waals surface area contributed by atoms with Crippen molar-refractivity contribution in [3.63, 3.8) is 0 Å². The summed E-state index contributed by atoms with van der Waals surface area (Å²) in [6.07, 6.45) is 1.62. The van der Waals surface area contributed by atoms with E-state index in [0.29, 0.717) is 17.9 Å². The maximum atomic E-state index is 11.2. The number of carbonyl (C=O) groups is 1. The van der Waals surface area contributed by atoms with Crippen molar-refractivity contribution >= 4 is 12.1 Å². The minimum Gasteiger partial charge on any atom is -0.493 e. The molecule has 16 heavy (non-hydrogen) atoms. The third kappa shape index (κ3) is 6.95. The zero-order valence-corrected chi connectivity index (χ0v) is 10.3. The van der Waals surface area contributed by atoms with E-state index in [0.717, 1.165) is 6.54 Å². The molecule has 0 heterocycles. The molecule has 4 heteroatoms. The van der Waals surface area contributed by atoms with Crippen molar-refractivity contribution in [3.05, 3.63) is 24.5 Å². The van der Waals surface area contributed by atoms with Gasteiger partial charge in [0.25, 0.3) is 0 Å². The first-order valence-corrected chi connectivity index (χ1v) is 5.13. The molecule has 1 amide bonds. The van der Waals surface area contributed by atoms with Gasteiger partial charge in [0.15, 0.2) is 0 Å². The molecular formula is C12H20N2O2. The highest BCUT2D eigenvalue weighted by Crippen LogP contribution is 2.11. The molecule has 0 saturated carbocycles. The van der Waals surface area contributed by atoms with Crippen molar-refractivity contribution in [2.24, 2.45) is 4.99 Å². The van der Waals surface area contributed by atoms with Crippen molar-refractivity contribution in [3.8, 4) is 0 Å². The molecule has 0 atom stereocenters. The standard InChI is InChI=1S/C12H20N2O2/c1-6-13-12(15)9-10(2)11(3)16-8-7-14(4)5/h6H,2-3,7-9H2,1,4-5H3. The summed E-state index contributed by atoms with van der Waals surface area (Å²) in [5, 5.41) is 0. The number of aliphatic imine (C=N–C) groups is 1. The van der Waals surface area contributed by atoms with E-state index in [4.69, 9.17) is 4.74 Å². The van der Waals surface area contributed by atoms with E-state index in [-0.39, 0.29) is 12.3 Å². The van der Waals surface area contributed by atoms with E-state index >= 15 is 0 Å². The van der Waals surface area contributed by atoms with Crippen LogP contribution in [0.1, 0.15) is 13.3 Å². The third-order valence-corrected chi connectivity index (χ3v) is 1.85. The van der Waals surface area contributed by atoms with Gasteiger partial charge in [-0.3, -0.25) is 4.79 Å². The van der Waals surface area contributed by atoms with Gasteiger partial charge in [0.1, 0.15) is 12.4 Å². The van der Waals surface area contributed by atoms with Crippen molar-refractivity contribution in [1.82, 2.24) is 4.90 Å². The largest absolute Gasteiger partial charge is 0.493 e. The molecule has 0 aromatic heterocycles. The molecule has 0 aromatic carbocycles. The van der Waals surface area contributed by atoms with Crippen molar-refractivity contribution in [1.29, 1.82) is 0 Å². The number of allylic oxidation sites excluding steroid dienone is 1. The highest BCUT2D eigenvalue weighted by Gasteiger charge is 2.06. The van der Waals surface area contributed by atoms with E-state index < -0.39 is 0 Å². The Hall–Kier alpha value is -1.42. The summed E-state index contributed by atoms with van der Waals surface area (Å²) in [7, 11) is 3.92. The second-order valence-corrected chi connectivity index (χ2v) is 3.64. The lowest BCUT2D eigenvalue weighted by atomic mass is 10.2. The van der Waals surface area contributed by atoms with Gasteiger partial charge in [-0.05, 0) is 26.6 Å². The van der Waals surface area contributed by atoms with Crippen LogP contribution < -0.4 is 0 Å². The Bertz CT molecular complexity index is 293. The first-order chi connectivity index (χ1) is 7.47. The van der Waals surface area contributed by atoms with Crippen LogP contribution in [0.5, 0.6) is 0 Å². The van der Waals surface area contributed by atoms with E-state index in [1.807, 2.05) is 19.0 Å². The number of hydrogen-bond acceptors (Lipinski definition) is 3. The molecule has 90 valence electrons. The highest BCUT2D eigenvalue weighted by molar-refractivity contribution is 5.86. The maximum Gasteiger partial charge on any atom is 0.249 e. The molecule has 0 aliphatic heterocycles. The summed E-state index contributed by atoms with van der Waals surface area (Å²) in [6, 6.07) is 0. The minimum absolute atomic E-state index is 0.158. The van der Waals surface area contributed by atoms with Crippen LogP contribution in [0, 0.1) is 0 Å². The number of rotatable bonds is 7. The van der Waals surface area contributed by atoms with Crippen LogP contribution in [-0.2, 0) is 9.53 Å². The van der Waals surface area contributed by atoms with Gasteiger partial charge in [-0.15, -0.1) is 0 Å². The van der Waals surface area contributed by atoms with Crippen LogP contribution in [-0.4, -0.2) is 44.3 Å². The average molecular weight is 224 g/mol. The van der Waals surface area contributed by atoms with Gasteiger partial charge < -0.3 is 9.64 Å². The summed E-state index contributed by atoms with van der Waals surface area (Å²) in [5.74, 6) is 0.228. The molecule has 0 aliphatic rings. The van der Waals surface area contributed by atoms with Crippen LogP contribution in [0.15, 0.2) is 29.5 Å². The fourth-order valence-corrected chi connectivity index (χ4v) is 0.924. The summed E-state index contributed by atoms with van der Waals surface area (Å²) in [6.45, 7) is 10.5. The number of likely N-dealkylation sites (N-methyl/N-ethyl adjacent to an activating group) is 1. The minimum atomic E-state index is -0.232. The number of amides is 1. The number of carbonyl (C=O) groups excluding carboxylic acids is 1. The van der Waals surface area contributed by atoms with Crippen molar-refractivity contribution in [2.45, 2.75) is 13.3 Å². The Labute approximate surface area is 97.3 Å². The Kier molecular flexibility index (Phi) is 7.12. The van der Waals surface area contributed by atoms with E-state index in [9.17, 15) is 4.79 Å². The molecule has 0 saturated heterocycles. The zero-order valence-electron chi connectivity index (χ0n) is 10.3. The van der Waals surface area contributed by atoms with Gasteiger partial charge in [-0.1, -0.05) is 13.2 Å². The molecule has 0 spiro atoms. The fraction of sp³-hybridized carbons (Fsp3) is 0.500. The highest BCUT2D eigenvalue weighted by atomic mass is 16.5. The van der Waals surface area contributed by atoms with Crippen LogP contribution in [0.2, 0.25) is 0 Å². The van der Waals surface area contributed by atoms with Gasteiger partial charge in [0, 0.05) is 12.8 Å². The monoisotopic (exact) mass is 224 g/mol. The van der Waals surface area contributed by atoms with Gasteiger partial charge in [-0.25, -0.2) is 4.99 Å². The molecule has 0 aromatic rings. The molecular weight excluding hydrogens is 204 g/mol. The lowest BCUT2D eigenvalue weighted by Gasteiger charge is -2.13. The Morgan fingerprint density at radius 3 is 2.56 bits per heavy atom. The first-order valence-electron chi connectivity index (χ1n) is 5.13. The van der Waals surface area contributed by atoms with Crippen LogP contribution in [0.4, 0.5) is 0 Å². The SMILES string of the molecule is C=C(CC(=O)N=CC)C(=C)OCCN(C)C. The van der Waals surface area contributed by atoms with E-state index in [1.165, 1.54) is 6.21 Å². The quantitative estimate of drug-likeness (QED) is 0.375. The Morgan fingerprint density at radius 2 is 2.06 bits per heavy atom. The molecule has 0 radical (unpaired) electrons. The predicted molar refractivity (Wildman–Crippen MR) is 66.6 cm³/mol. The molecule has 0 rings (SSSR count). The van der Waals surface area contributed by atoms with Gasteiger partial charge in [0.2, 0.25) is 5.91 Å². The van der Waals surface area contributed by atoms with Crippen LogP contribution in [0.25, 0.3) is 0 Å². The topological polar surface area (TPSA) is 41.9 Å². The Balaban J connectivity index is 3.91. The average Bonchev–Trinajstić information content (AvgIpc) is 2.17. The summed E-state index contributed by atoms with van der Waals surface area (Å²) >= 11 is 0. The third-order valence-electron chi connectivity index (χ3n) is 1.85. The smallest absolute Gasteiger partial charge is 0.249 e. The van der Waals surface area contributed by atoms with E-state index in [1.54, 1.807) is 6.92 Å². The van der Waals surface area contributed by atoms with Crippen LogP contribution >= 0.6 is 0 Å². The van der Waals surface area contributed by atoms with Gasteiger partial charge in [0.05, 0.1) is 6.42 Å². The lowest BCUT2D eigenvalue weighted by Crippen LogP contribution is -2.18. The number of ether oxygens (including phenoxy) is 1. The normalized spacial score (nSPS) is 10.8. The van der Waals surface area contributed by atoms with E-state index in [2.05, 4.69) is 18.2 Å².